The average Bonchev–Trinajstić information content (AvgIpc) is 2.44. The quantitative estimate of drug-likeness (QED) is 0.723. The Labute approximate surface area is 126 Å². The molecule has 3 N–H and O–H groups in total. The van der Waals surface area contributed by atoms with Crippen LogP contribution in [-0.4, -0.2) is 36.6 Å². The number of aliphatic hydroxyl groups excluding tert-OH is 1. The smallest absolute Gasteiger partial charge is 0.422 e. The van der Waals surface area contributed by atoms with Gasteiger partial charge in [-0.25, -0.2) is 4.79 Å². The molecule has 1 aromatic rings. The van der Waals surface area contributed by atoms with Crippen LogP contribution < -0.4 is 15.4 Å². The van der Waals surface area contributed by atoms with Crippen molar-refractivity contribution in [3.63, 3.8) is 0 Å². The first-order chi connectivity index (χ1) is 10.3. The number of carbonyl (C=O) groups excluding carboxylic acids is 1. The van der Waals surface area contributed by atoms with Crippen LogP contribution >= 0.6 is 0 Å². The minimum Gasteiger partial charge on any atom is -0.484 e. The minimum atomic E-state index is -4.42. The highest BCUT2D eigenvalue weighted by Gasteiger charge is 2.28. The van der Waals surface area contributed by atoms with Gasteiger partial charge in [0.1, 0.15) is 5.75 Å². The Bertz CT molecular complexity index is 481. The predicted molar refractivity (Wildman–Crippen MR) is 75.9 cm³/mol. The molecule has 1 aromatic carbocycles. The number of amides is 2. The molecule has 1 atom stereocenters. The van der Waals surface area contributed by atoms with E-state index in [0.717, 1.165) is 0 Å². The van der Waals surface area contributed by atoms with E-state index < -0.39 is 18.8 Å². The lowest BCUT2D eigenvalue weighted by Gasteiger charge is -2.16. The standard InChI is InChI=1S/C14H19F3N2O3/c1-2-10(6-7-20)18-13(21)19-11-4-3-5-12(8-11)22-9-14(15,16)17/h3-5,8,10,20H,2,6-7,9H2,1H3,(H2,18,19,21)/t10-/m0/s1. The number of aliphatic hydroxyl groups is 1. The SMILES string of the molecule is CC[C@@H](CCO)NC(=O)Nc1cccc(OCC(F)(F)F)c1. The zero-order valence-corrected chi connectivity index (χ0v) is 12.1. The second-order valence-electron chi connectivity index (χ2n) is 4.65. The number of rotatable bonds is 7. The Morgan fingerprint density at radius 3 is 2.73 bits per heavy atom. The molecule has 0 bridgehead atoms. The number of urea groups is 1. The molecule has 0 aliphatic carbocycles. The van der Waals surface area contributed by atoms with Gasteiger partial charge in [0.15, 0.2) is 6.61 Å². The van der Waals surface area contributed by atoms with Crippen molar-refractivity contribution in [2.24, 2.45) is 0 Å². The fourth-order valence-electron chi connectivity index (χ4n) is 1.72. The van der Waals surface area contributed by atoms with E-state index in [9.17, 15) is 18.0 Å². The maximum absolute atomic E-state index is 12.1. The van der Waals surface area contributed by atoms with Gasteiger partial charge in [-0.15, -0.1) is 0 Å². The highest BCUT2D eigenvalue weighted by molar-refractivity contribution is 5.89. The van der Waals surface area contributed by atoms with Crippen LogP contribution in [0.2, 0.25) is 0 Å². The Balaban J connectivity index is 2.56. The summed E-state index contributed by atoms with van der Waals surface area (Å²) >= 11 is 0. The van der Waals surface area contributed by atoms with Crippen LogP contribution in [-0.2, 0) is 0 Å². The van der Waals surface area contributed by atoms with Crippen molar-refractivity contribution in [3.05, 3.63) is 24.3 Å². The first-order valence-corrected chi connectivity index (χ1v) is 6.82. The second-order valence-corrected chi connectivity index (χ2v) is 4.65. The van der Waals surface area contributed by atoms with E-state index in [-0.39, 0.29) is 18.4 Å². The molecule has 124 valence electrons. The molecule has 0 radical (unpaired) electrons. The molecule has 0 saturated heterocycles. The summed E-state index contributed by atoms with van der Waals surface area (Å²) < 4.78 is 40.8. The Morgan fingerprint density at radius 2 is 2.14 bits per heavy atom. The molecular formula is C14H19F3N2O3. The minimum absolute atomic E-state index is 0.0116. The highest BCUT2D eigenvalue weighted by atomic mass is 19.4. The summed E-state index contributed by atoms with van der Waals surface area (Å²) in [4.78, 5) is 11.8. The van der Waals surface area contributed by atoms with Gasteiger partial charge < -0.3 is 20.5 Å². The van der Waals surface area contributed by atoms with Crippen molar-refractivity contribution in [2.75, 3.05) is 18.5 Å². The van der Waals surface area contributed by atoms with Gasteiger partial charge >= 0.3 is 12.2 Å². The fourth-order valence-corrected chi connectivity index (χ4v) is 1.72. The van der Waals surface area contributed by atoms with Crippen LogP contribution in [0.15, 0.2) is 24.3 Å². The zero-order valence-electron chi connectivity index (χ0n) is 12.1. The maximum Gasteiger partial charge on any atom is 0.422 e. The summed E-state index contributed by atoms with van der Waals surface area (Å²) in [7, 11) is 0. The van der Waals surface area contributed by atoms with Gasteiger partial charge in [0.25, 0.3) is 0 Å². The lowest BCUT2D eigenvalue weighted by atomic mass is 10.2. The number of hydrogen-bond donors (Lipinski definition) is 3. The lowest BCUT2D eigenvalue weighted by Crippen LogP contribution is -2.38. The topological polar surface area (TPSA) is 70.6 Å². The van der Waals surface area contributed by atoms with Crippen molar-refractivity contribution >= 4 is 11.7 Å². The summed E-state index contributed by atoms with van der Waals surface area (Å²) in [6, 6.07) is 5.02. The van der Waals surface area contributed by atoms with E-state index in [4.69, 9.17) is 5.11 Å². The highest BCUT2D eigenvalue weighted by Crippen LogP contribution is 2.21. The Kier molecular flexibility index (Phi) is 6.97. The van der Waals surface area contributed by atoms with Crippen molar-refractivity contribution < 1.29 is 27.8 Å². The van der Waals surface area contributed by atoms with Gasteiger partial charge in [0, 0.05) is 24.4 Å². The first-order valence-electron chi connectivity index (χ1n) is 6.82. The largest absolute Gasteiger partial charge is 0.484 e. The molecule has 22 heavy (non-hydrogen) atoms. The van der Waals surface area contributed by atoms with Gasteiger partial charge in [-0.1, -0.05) is 13.0 Å². The zero-order chi connectivity index (χ0) is 16.6. The third-order valence-electron chi connectivity index (χ3n) is 2.80. The molecule has 8 heteroatoms. The lowest BCUT2D eigenvalue weighted by molar-refractivity contribution is -0.153. The van der Waals surface area contributed by atoms with E-state index in [1.54, 1.807) is 0 Å². The molecular weight excluding hydrogens is 301 g/mol. The monoisotopic (exact) mass is 320 g/mol. The van der Waals surface area contributed by atoms with E-state index in [1.807, 2.05) is 6.92 Å². The van der Waals surface area contributed by atoms with Gasteiger partial charge in [-0.2, -0.15) is 13.2 Å². The van der Waals surface area contributed by atoms with Gasteiger partial charge in [-0.3, -0.25) is 0 Å². The van der Waals surface area contributed by atoms with Crippen molar-refractivity contribution in [3.8, 4) is 5.75 Å². The first kappa shape index (κ1) is 18.1. The Morgan fingerprint density at radius 1 is 1.41 bits per heavy atom. The van der Waals surface area contributed by atoms with Crippen LogP contribution in [0.1, 0.15) is 19.8 Å². The van der Waals surface area contributed by atoms with Crippen LogP contribution in [0.4, 0.5) is 23.7 Å². The van der Waals surface area contributed by atoms with E-state index in [0.29, 0.717) is 18.5 Å². The number of benzene rings is 1. The number of nitrogens with one attached hydrogen (secondary N) is 2. The molecule has 0 heterocycles. The number of alkyl halides is 3. The summed E-state index contributed by atoms with van der Waals surface area (Å²) in [5.74, 6) is 0.0116. The molecule has 0 saturated carbocycles. The molecule has 0 fully saturated rings. The predicted octanol–water partition coefficient (Wildman–Crippen LogP) is 2.91. The van der Waals surface area contributed by atoms with Crippen molar-refractivity contribution in [1.29, 1.82) is 0 Å². The van der Waals surface area contributed by atoms with Gasteiger partial charge in [0.05, 0.1) is 0 Å². The molecule has 0 unspecified atom stereocenters. The molecule has 1 rings (SSSR count). The molecule has 0 aliphatic rings. The van der Waals surface area contributed by atoms with Crippen LogP contribution in [0.3, 0.4) is 0 Å². The van der Waals surface area contributed by atoms with Crippen molar-refractivity contribution in [2.45, 2.75) is 32.0 Å². The van der Waals surface area contributed by atoms with Crippen LogP contribution in [0, 0.1) is 0 Å². The fraction of sp³-hybridized carbons (Fsp3) is 0.500. The van der Waals surface area contributed by atoms with E-state index in [1.165, 1.54) is 24.3 Å². The Hall–Kier alpha value is -1.96. The number of halogens is 3. The molecule has 0 aliphatic heterocycles. The molecule has 5 nitrogen and oxygen atoms in total. The summed E-state index contributed by atoms with van der Waals surface area (Å²) in [5, 5.41) is 14.0. The van der Waals surface area contributed by atoms with Gasteiger partial charge in [-0.05, 0) is 25.0 Å². The van der Waals surface area contributed by atoms with Crippen molar-refractivity contribution in [1.82, 2.24) is 5.32 Å². The molecule has 2 amide bonds. The molecule has 0 aromatic heterocycles. The third-order valence-corrected chi connectivity index (χ3v) is 2.80. The summed E-state index contributed by atoms with van der Waals surface area (Å²) in [6.07, 6.45) is -3.33. The number of ether oxygens (including phenoxy) is 1. The van der Waals surface area contributed by atoms with Crippen LogP contribution in [0.5, 0.6) is 5.75 Å². The van der Waals surface area contributed by atoms with E-state index in [2.05, 4.69) is 15.4 Å². The third kappa shape index (κ3) is 7.16. The van der Waals surface area contributed by atoms with Crippen LogP contribution in [0.25, 0.3) is 0 Å². The van der Waals surface area contributed by atoms with E-state index >= 15 is 0 Å². The molecule has 0 spiro atoms. The second kappa shape index (κ2) is 8.47. The summed E-state index contributed by atoms with van der Waals surface area (Å²) in [5.41, 5.74) is 0.316. The number of carbonyl (C=O) groups is 1. The normalized spacial score (nSPS) is 12.6. The maximum atomic E-state index is 12.1. The number of anilines is 1. The van der Waals surface area contributed by atoms with Gasteiger partial charge in [0.2, 0.25) is 0 Å². The number of hydrogen-bond acceptors (Lipinski definition) is 3. The average molecular weight is 320 g/mol. The summed E-state index contributed by atoms with van der Waals surface area (Å²) in [6.45, 7) is 0.433.